The topological polar surface area (TPSA) is 15.5 Å². The van der Waals surface area contributed by atoms with E-state index >= 15 is 0 Å². The average Bonchev–Trinajstić information content (AvgIpc) is 0.744. The summed E-state index contributed by atoms with van der Waals surface area (Å²) < 4.78 is 197. The van der Waals surface area contributed by atoms with Crippen LogP contribution < -0.4 is 18.3 Å². The van der Waals surface area contributed by atoms with Crippen LogP contribution >= 0.6 is 0 Å². The van der Waals surface area contributed by atoms with Crippen LogP contribution in [0.5, 0.6) is 0 Å². The molecule has 4 heteroatoms. The Kier molecular flexibility index (Phi) is 13.7. The lowest BCUT2D eigenvalue weighted by Gasteiger charge is -2.13. The summed E-state index contributed by atoms with van der Waals surface area (Å²) in [7, 11) is 7.41. The van der Waals surface area contributed by atoms with Gasteiger partial charge in [-0.05, 0) is 181 Å². The van der Waals surface area contributed by atoms with Crippen molar-refractivity contribution in [2.45, 2.75) is 141 Å². The largest absolute Gasteiger partial charge is 0.213 e. The molecule has 4 aromatic heterocycles. The van der Waals surface area contributed by atoms with Crippen LogP contribution in [0.15, 0.2) is 195 Å². The standard InChI is InChI=1S/C21H22N.C21H30N.C20H20N.C20H28N/c1-4-17-10-11-20(16(2)14-17)21-15-19(12-13-22(21)3)18-8-6-5-7-9-18;1-14(2)10-18-8-9-19(16(5)11-18)21-12-20(15(3)4)17(6)13-22(21)7;1-15-9-10-19(16(2)13-15)20-14-18(11-12-21(20)3)17-7-5-4-6-8-17;1-13(2)17-8-9-18(15(5)10-17)20-11-19(14(3)4)16(6)12-21(20)7/h5-15H,4H2,1-3H3;8-9,11-15H,10H2,1-7H3;4-14H,1-3H3;8-14H,1-7H3/q4*+1/i;1D3,3D3,6D3,10D2,14D,15D;;1D3,3D3,6D3,13D,14D. The molecular weight excluding hydrogens is 1040 g/mol. The highest BCUT2D eigenvalue weighted by Crippen LogP contribution is 2.32. The van der Waals surface area contributed by atoms with E-state index in [4.69, 9.17) is 32.9 Å². The maximum Gasteiger partial charge on any atom is 0.213 e. The predicted molar refractivity (Wildman–Crippen MR) is 366 cm³/mol. The van der Waals surface area contributed by atoms with Gasteiger partial charge in [0, 0.05) is 103 Å². The number of aryl methyl sites for hydroxylation is 12. The summed E-state index contributed by atoms with van der Waals surface area (Å²) in [6.45, 7) is 0.456. The van der Waals surface area contributed by atoms with E-state index in [0.717, 1.165) is 20.3 Å². The lowest BCUT2D eigenvalue weighted by atomic mass is 9.93. The third kappa shape index (κ3) is 16.7. The Hall–Kier alpha value is -8.08. The molecule has 444 valence electrons. The lowest BCUT2D eigenvalue weighted by Crippen LogP contribution is -2.32. The fourth-order valence-corrected chi connectivity index (χ4v) is 10.5. The van der Waals surface area contributed by atoms with Crippen LogP contribution in [0.1, 0.15) is 179 Å². The molecule has 0 radical (unpaired) electrons. The first-order chi connectivity index (χ1) is 50.3. The van der Waals surface area contributed by atoms with Gasteiger partial charge in [0.25, 0.3) is 0 Å². The molecule has 10 aromatic rings. The van der Waals surface area contributed by atoms with Gasteiger partial charge in [0.1, 0.15) is 28.2 Å². The minimum Gasteiger partial charge on any atom is -0.201 e. The molecular formula is C82H100N4+4. The van der Waals surface area contributed by atoms with Gasteiger partial charge in [-0.2, -0.15) is 0 Å². The smallest absolute Gasteiger partial charge is 0.201 e. The number of nitrogens with zero attached hydrogens (tertiary/aromatic N) is 4. The Labute approximate surface area is 553 Å². The van der Waals surface area contributed by atoms with Crippen LogP contribution in [0, 0.1) is 54.2 Å². The van der Waals surface area contributed by atoms with E-state index in [0.29, 0.717) is 39.2 Å². The quantitative estimate of drug-likeness (QED) is 0.108. The molecule has 0 aliphatic carbocycles. The van der Waals surface area contributed by atoms with Crippen molar-refractivity contribution in [3.63, 3.8) is 0 Å². The second-order valence-corrected chi connectivity index (χ2v) is 22.3. The maximum atomic E-state index is 8.52. The zero-order chi connectivity index (χ0) is 83.0. The van der Waals surface area contributed by atoms with Crippen LogP contribution in [-0.2, 0) is 41.0 Å². The first kappa shape index (κ1) is 39.6. The monoisotopic (exact) mass is 1160 g/mol. The van der Waals surface area contributed by atoms with Crippen molar-refractivity contribution in [1.82, 2.24) is 0 Å². The summed E-state index contributed by atoms with van der Waals surface area (Å²) in [5.74, 6) is -8.65. The molecule has 10 rings (SSSR count). The van der Waals surface area contributed by atoms with Gasteiger partial charge >= 0.3 is 0 Å². The SMILES string of the molecule is CCc1ccc(-c2cc(-c3ccccc3)cc[n+]2C)c(C)c1.Cc1ccc(-c2cc(-c3ccccc3)cc[n+]2C)c(C)c1.[2H]C([2H])([2H])c1c[n+](C)c(-c2ccc(C([2H])(C)C([2H])([2H])[2H])cc2C)cc1C([2H])(C)C([2H])([2H])[2H].[2H]C([2H])([2H])c1c[n+](C)c(-c2ccc(C([2H])([2H])C([2H])(C)C([2H])([2H])[2H])cc2C)cc1C([2H])(C)C([2H])([2H])[2H]. The van der Waals surface area contributed by atoms with E-state index in [2.05, 4.69) is 185 Å². The Bertz CT molecular complexity index is 4930. The number of benzene rings is 6. The van der Waals surface area contributed by atoms with Crippen LogP contribution in [0.2, 0.25) is 0 Å². The van der Waals surface area contributed by atoms with Crippen LogP contribution in [0.4, 0.5) is 0 Å². The second kappa shape index (κ2) is 29.8. The Morgan fingerprint density at radius 2 is 0.814 bits per heavy atom. The molecule has 0 spiro atoms. The van der Waals surface area contributed by atoms with E-state index < -0.39 is 71.1 Å². The van der Waals surface area contributed by atoms with E-state index in [1.54, 1.807) is 44.6 Å². The second-order valence-electron chi connectivity index (χ2n) is 22.3. The van der Waals surface area contributed by atoms with Gasteiger partial charge in [0.2, 0.25) is 22.8 Å². The molecule has 0 saturated heterocycles. The van der Waals surface area contributed by atoms with Crippen LogP contribution in [-0.4, -0.2) is 0 Å². The van der Waals surface area contributed by atoms with Crippen molar-refractivity contribution in [3.8, 4) is 67.3 Å². The summed E-state index contributed by atoms with van der Waals surface area (Å²) in [4.78, 5) is 0. The molecule has 0 N–H and O–H groups in total. The van der Waals surface area contributed by atoms with Gasteiger partial charge in [0.05, 0.1) is 0 Å². The Morgan fingerprint density at radius 1 is 0.395 bits per heavy atom. The molecule has 86 heavy (non-hydrogen) atoms. The molecule has 4 unspecified atom stereocenters. The number of aromatic nitrogens is 4. The predicted octanol–water partition coefficient (Wildman–Crippen LogP) is 19.3. The van der Waals surface area contributed by atoms with Gasteiger partial charge in [-0.25, -0.2) is 18.3 Å². The van der Waals surface area contributed by atoms with Crippen molar-refractivity contribution in [1.29, 1.82) is 0 Å². The van der Waals surface area contributed by atoms with Gasteiger partial charge in [-0.3, -0.25) is 0 Å². The molecule has 6 aromatic carbocycles. The first-order valence-electron chi connectivity index (χ1n) is 40.9. The highest BCUT2D eigenvalue weighted by atomic mass is 14.9. The summed E-state index contributed by atoms with van der Waals surface area (Å²) in [5.41, 5.74) is 18.1. The van der Waals surface area contributed by atoms with Gasteiger partial charge in [-0.15, -0.1) is 0 Å². The Balaban J connectivity index is 0.000000208. The molecule has 4 nitrogen and oxygen atoms in total. The average molecular weight is 1170 g/mol. The minimum atomic E-state index is -2.89. The summed E-state index contributed by atoms with van der Waals surface area (Å²) in [6, 6.07) is 55.2. The molecule has 0 fully saturated rings. The van der Waals surface area contributed by atoms with Gasteiger partial charge in [-0.1, -0.05) is 177 Å². The molecule has 4 heterocycles. The first-order valence-corrected chi connectivity index (χ1v) is 28.9. The van der Waals surface area contributed by atoms with Crippen molar-refractivity contribution >= 4 is 0 Å². The fraction of sp³-hybridized carbons (Fsp3) is 0.317. The normalized spacial score (nSPS) is 19.0. The van der Waals surface area contributed by atoms with Crippen LogP contribution in [0.25, 0.3) is 67.3 Å². The molecule has 0 saturated carbocycles. The fourth-order valence-electron chi connectivity index (χ4n) is 10.5. The lowest BCUT2D eigenvalue weighted by molar-refractivity contribution is -0.660. The van der Waals surface area contributed by atoms with E-state index in [-0.39, 0.29) is 27.8 Å². The van der Waals surface area contributed by atoms with E-state index in [1.807, 2.05) is 0 Å². The van der Waals surface area contributed by atoms with E-state index in [1.165, 1.54) is 134 Å². The molecule has 4 atom stereocenters. The van der Waals surface area contributed by atoms with Gasteiger partial charge < -0.3 is 0 Å². The third-order valence-electron chi connectivity index (χ3n) is 15.3. The number of pyridine rings is 4. The van der Waals surface area contributed by atoms with Crippen molar-refractivity contribution in [2.75, 3.05) is 0 Å². The van der Waals surface area contributed by atoms with Crippen molar-refractivity contribution in [3.05, 3.63) is 261 Å². The number of rotatable bonds is 12. The van der Waals surface area contributed by atoms with Crippen LogP contribution in [0.3, 0.4) is 0 Å². The molecule has 0 aliphatic heterocycles. The molecule has 0 amide bonds. The maximum absolute atomic E-state index is 8.52. The summed E-state index contributed by atoms with van der Waals surface area (Å²) in [6.07, 6.45) is 5.43. The third-order valence-corrected chi connectivity index (χ3v) is 15.3. The van der Waals surface area contributed by atoms with Gasteiger partial charge in [0.15, 0.2) is 24.8 Å². The molecule has 0 bridgehead atoms. The van der Waals surface area contributed by atoms with Crippen molar-refractivity contribution in [2.24, 2.45) is 34.1 Å². The van der Waals surface area contributed by atoms with Crippen molar-refractivity contribution < 1.29 is 51.2 Å². The number of hydrogen-bond donors (Lipinski definition) is 0. The highest BCUT2D eigenvalue weighted by Gasteiger charge is 2.21. The molecule has 0 aliphatic rings. The minimum absolute atomic E-state index is 0.0119. The number of hydrogen-bond acceptors (Lipinski definition) is 0. The zero-order valence-corrected chi connectivity index (χ0v) is 52.5. The Morgan fingerprint density at radius 3 is 1.23 bits per heavy atom. The summed E-state index contributed by atoms with van der Waals surface area (Å²) >= 11 is 0. The zero-order valence-electron chi connectivity index (χ0n) is 76.5. The highest BCUT2D eigenvalue weighted by molar-refractivity contribution is 5.72. The van der Waals surface area contributed by atoms with E-state index in [9.17, 15) is 0 Å². The summed E-state index contributed by atoms with van der Waals surface area (Å²) in [5, 5.41) is 0.